The number of carbonyl (C=O) groups excluding carboxylic acids is 1. The normalized spacial score (nSPS) is 15.7. The van der Waals surface area contributed by atoms with E-state index >= 15 is 0 Å². The van der Waals surface area contributed by atoms with Crippen LogP contribution >= 0.6 is 0 Å². The molecule has 1 aliphatic rings. The van der Waals surface area contributed by atoms with Crippen LogP contribution in [0.2, 0.25) is 0 Å². The molecule has 0 radical (unpaired) electrons. The van der Waals surface area contributed by atoms with Gasteiger partial charge >= 0.3 is 0 Å². The summed E-state index contributed by atoms with van der Waals surface area (Å²) in [6.07, 6.45) is 10.9. The summed E-state index contributed by atoms with van der Waals surface area (Å²) in [6, 6.07) is 0.274. The van der Waals surface area contributed by atoms with Gasteiger partial charge in [0.1, 0.15) is 11.4 Å². The van der Waals surface area contributed by atoms with Gasteiger partial charge < -0.3 is 9.88 Å². The smallest absolute Gasteiger partial charge is 0.270 e. The molecule has 6 nitrogen and oxygen atoms in total. The maximum absolute atomic E-state index is 12.5. The van der Waals surface area contributed by atoms with Crippen LogP contribution in [0.1, 0.15) is 48.2 Å². The van der Waals surface area contributed by atoms with Gasteiger partial charge in [0, 0.05) is 19.3 Å². The highest BCUT2D eigenvalue weighted by Gasteiger charge is 2.20. The maximum Gasteiger partial charge on any atom is 0.270 e. The molecule has 2 aromatic heterocycles. The fraction of sp³-hybridized carbons (Fsp3) is 0.500. The van der Waals surface area contributed by atoms with Crippen molar-refractivity contribution in [1.82, 2.24) is 24.8 Å². The van der Waals surface area contributed by atoms with Gasteiger partial charge in [-0.2, -0.15) is 0 Å². The quantitative estimate of drug-likeness (QED) is 0.943. The van der Waals surface area contributed by atoms with Gasteiger partial charge in [-0.05, 0) is 25.3 Å². The summed E-state index contributed by atoms with van der Waals surface area (Å²) >= 11 is 0. The van der Waals surface area contributed by atoms with Gasteiger partial charge in [-0.1, -0.05) is 19.3 Å². The van der Waals surface area contributed by atoms with Crippen molar-refractivity contribution < 1.29 is 4.79 Å². The van der Waals surface area contributed by atoms with Gasteiger partial charge in [0.25, 0.3) is 5.91 Å². The molecule has 0 bridgehead atoms. The Morgan fingerprint density at radius 2 is 2.05 bits per heavy atom. The minimum absolute atomic E-state index is 0.102. The Balaban J connectivity index is 1.83. The van der Waals surface area contributed by atoms with Gasteiger partial charge in [-0.15, -0.1) is 0 Å². The van der Waals surface area contributed by atoms with Crippen LogP contribution in [0.3, 0.4) is 0 Å². The van der Waals surface area contributed by atoms with Crippen molar-refractivity contribution in [3.8, 4) is 11.5 Å². The Hall–Kier alpha value is -2.24. The highest BCUT2D eigenvalue weighted by molar-refractivity contribution is 5.94. The summed E-state index contributed by atoms with van der Waals surface area (Å²) in [5, 5.41) is 3.11. The lowest BCUT2D eigenvalue weighted by Gasteiger charge is -2.22. The zero-order chi connectivity index (χ0) is 15.5. The number of hydrogen-bond acceptors (Lipinski definition) is 4. The number of aryl methyl sites for hydroxylation is 2. The monoisotopic (exact) mass is 299 g/mol. The molecule has 1 aliphatic carbocycles. The van der Waals surface area contributed by atoms with E-state index in [1.165, 1.54) is 19.3 Å². The molecule has 0 atom stereocenters. The second-order valence-corrected chi connectivity index (χ2v) is 5.92. The number of rotatable bonds is 3. The topological polar surface area (TPSA) is 72.7 Å². The first-order chi connectivity index (χ1) is 10.6. The molecule has 2 aromatic rings. The summed E-state index contributed by atoms with van der Waals surface area (Å²) in [4.78, 5) is 25.4. The van der Waals surface area contributed by atoms with Crippen molar-refractivity contribution in [2.24, 2.45) is 7.05 Å². The van der Waals surface area contributed by atoms with E-state index in [2.05, 4.69) is 20.3 Å². The van der Waals surface area contributed by atoms with E-state index in [1.54, 1.807) is 18.7 Å². The number of carbonyl (C=O) groups is 1. The van der Waals surface area contributed by atoms with Gasteiger partial charge in [0.15, 0.2) is 5.82 Å². The fourth-order valence-corrected chi connectivity index (χ4v) is 2.87. The molecule has 6 heteroatoms. The molecule has 0 spiro atoms. The number of amides is 1. The van der Waals surface area contributed by atoms with Crippen molar-refractivity contribution in [1.29, 1.82) is 0 Å². The van der Waals surface area contributed by atoms with Crippen molar-refractivity contribution in [3.63, 3.8) is 0 Å². The summed E-state index contributed by atoms with van der Waals surface area (Å²) in [5.41, 5.74) is 2.04. The third kappa shape index (κ3) is 3.00. The van der Waals surface area contributed by atoms with Crippen molar-refractivity contribution in [3.05, 3.63) is 30.0 Å². The fourth-order valence-electron chi connectivity index (χ4n) is 2.87. The summed E-state index contributed by atoms with van der Waals surface area (Å²) in [7, 11) is 1.88. The molecule has 0 unspecified atom stereocenters. The van der Waals surface area contributed by atoms with Crippen LogP contribution in [0.4, 0.5) is 0 Å². The molecular formula is C16H21N5O. The summed E-state index contributed by atoms with van der Waals surface area (Å²) in [5.74, 6) is 0.426. The molecule has 1 amide bonds. The molecule has 3 rings (SSSR count). The van der Waals surface area contributed by atoms with Crippen molar-refractivity contribution >= 4 is 5.91 Å². The Labute approximate surface area is 130 Å². The number of imidazole rings is 1. The molecule has 1 N–H and O–H groups in total. The van der Waals surface area contributed by atoms with Gasteiger partial charge in [-0.25, -0.2) is 15.0 Å². The van der Waals surface area contributed by atoms with Crippen LogP contribution in [0.15, 0.2) is 18.7 Å². The minimum Gasteiger partial charge on any atom is -0.348 e. The predicted octanol–water partition coefficient (Wildman–Crippen LogP) is 2.25. The van der Waals surface area contributed by atoms with Crippen LogP contribution in [-0.4, -0.2) is 31.5 Å². The Kier molecular flexibility index (Phi) is 4.18. The van der Waals surface area contributed by atoms with Crippen LogP contribution in [-0.2, 0) is 7.05 Å². The molecule has 0 aromatic carbocycles. The van der Waals surface area contributed by atoms with Crippen LogP contribution < -0.4 is 5.32 Å². The molecule has 22 heavy (non-hydrogen) atoms. The van der Waals surface area contributed by atoms with Crippen LogP contribution in [0.5, 0.6) is 0 Å². The van der Waals surface area contributed by atoms with E-state index in [-0.39, 0.29) is 11.9 Å². The predicted molar refractivity (Wildman–Crippen MR) is 83.3 cm³/mol. The highest BCUT2D eigenvalue weighted by Crippen LogP contribution is 2.19. The zero-order valence-electron chi connectivity index (χ0n) is 13.0. The molecule has 2 heterocycles. The van der Waals surface area contributed by atoms with E-state index in [0.717, 1.165) is 24.1 Å². The highest BCUT2D eigenvalue weighted by atomic mass is 16.1. The SMILES string of the molecule is Cc1cnc(-c2cncn2C)nc1C(=O)NC1CCCCC1. The standard InChI is InChI=1S/C16H21N5O/c1-11-8-18-15(13-9-17-10-21(13)2)20-14(11)16(22)19-12-6-4-3-5-7-12/h8-10,12H,3-7H2,1-2H3,(H,19,22). The Bertz CT molecular complexity index is 673. The molecule has 0 aliphatic heterocycles. The molecule has 1 saturated carbocycles. The third-order valence-electron chi connectivity index (χ3n) is 4.17. The Morgan fingerprint density at radius 3 is 2.73 bits per heavy atom. The lowest BCUT2D eigenvalue weighted by Crippen LogP contribution is -2.37. The second-order valence-electron chi connectivity index (χ2n) is 5.92. The Morgan fingerprint density at radius 1 is 1.27 bits per heavy atom. The first kappa shape index (κ1) is 14.7. The maximum atomic E-state index is 12.5. The van der Waals surface area contributed by atoms with E-state index in [4.69, 9.17) is 0 Å². The molecule has 1 fully saturated rings. The summed E-state index contributed by atoms with van der Waals surface area (Å²) < 4.78 is 1.84. The van der Waals surface area contributed by atoms with Gasteiger partial charge in [0.05, 0.1) is 12.5 Å². The number of nitrogens with one attached hydrogen (secondary N) is 1. The first-order valence-corrected chi connectivity index (χ1v) is 7.76. The van der Waals surface area contributed by atoms with E-state index in [9.17, 15) is 4.79 Å². The average molecular weight is 299 g/mol. The summed E-state index contributed by atoms with van der Waals surface area (Å²) in [6.45, 7) is 1.86. The molecule has 116 valence electrons. The number of aromatic nitrogens is 4. The van der Waals surface area contributed by atoms with Crippen LogP contribution in [0, 0.1) is 6.92 Å². The van der Waals surface area contributed by atoms with Crippen molar-refractivity contribution in [2.75, 3.05) is 0 Å². The van der Waals surface area contributed by atoms with Crippen LogP contribution in [0.25, 0.3) is 11.5 Å². The van der Waals surface area contributed by atoms with E-state index in [1.807, 2.05) is 18.5 Å². The van der Waals surface area contributed by atoms with E-state index in [0.29, 0.717) is 11.5 Å². The lowest BCUT2D eigenvalue weighted by atomic mass is 9.95. The lowest BCUT2D eigenvalue weighted by molar-refractivity contribution is 0.0922. The first-order valence-electron chi connectivity index (χ1n) is 7.76. The average Bonchev–Trinajstić information content (AvgIpc) is 2.95. The largest absolute Gasteiger partial charge is 0.348 e. The van der Waals surface area contributed by atoms with Gasteiger partial charge in [-0.3, -0.25) is 4.79 Å². The third-order valence-corrected chi connectivity index (χ3v) is 4.17. The van der Waals surface area contributed by atoms with Gasteiger partial charge in [0.2, 0.25) is 0 Å². The number of nitrogens with zero attached hydrogens (tertiary/aromatic N) is 4. The molecular weight excluding hydrogens is 278 g/mol. The second kappa shape index (κ2) is 6.25. The van der Waals surface area contributed by atoms with Crippen molar-refractivity contribution in [2.45, 2.75) is 45.1 Å². The zero-order valence-corrected chi connectivity index (χ0v) is 13.0. The number of hydrogen-bond donors (Lipinski definition) is 1. The van der Waals surface area contributed by atoms with E-state index < -0.39 is 0 Å². The minimum atomic E-state index is -0.102. The molecule has 0 saturated heterocycles.